The van der Waals surface area contributed by atoms with Gasteiger partial charge in [-0.1, -0.05) is 45.0 Å². The van der Waals surface area contributed by atoms with Crippen LogP contribution in [0.3, 0.4) is 0 Å². The molecule has 1 aromatic carbocycles. The number of carbonyl (C=O) groups excluding carboxylic acids is 1. The van der Waals surface area contributed by atoms with Crippen LogP contribution in [0.2, 0.25) is 0 Å². The van der Waals surface area contributed by atoms with E-state index in [1.54, 1.807) is 7.11 Å². The number of piperidine rings is 1. The van der Waals surface area contributed by atoms with Gasteiger partial charge in [0.1, 0.15) is 18.1 Å². The zero-order chi connectivity index (χ0) is 19.4. The van der Waals surface area contributed by atoms with Crippen LogP contribution >= 0.6 is 0 Å². The van der Waals surface area contributed by atoms with Crippen LogP contribution in [0.1, 0.15) is 61.1 Å². The molecule has 1 aliphatic heterocycles. The molecule has 4 heteroatoms. The summed E-state index contributed by atoms with van der Waals surface area (Å²) in [6.07, 6.45) is 2.01. The van der Waals surface area contributed by atoms with Gasteiger partial charge < -0.3 is 9.15 Å². The molecule has 2 heterocycles. The molecule has 1 atom stereocenters. The SMILES string of the molecule is COCc1ccc(CN2CCC[C@H](C(=O)c3ccc(C(C)(C)C)cc3)C2)o1. The molecular weight excluding hydrogens is 338 g/mol. The van der Waals surface area contributed by atoms with E-state index in [2.05, 4.69) is 37.8 Å². The minimum absolute atomic E-state index is 0.0626. The van der Waals surface area contributed by atoms with Gasteiger partial charge in [0.2, 0.25) is 0 Å². The predicted molar refractivity (Wildman–Crippen MR) is 107 cm³/mol. The highest BCUT2D eigenvalue weighted by atomic mass is 16.5. The lowest BCUT2D eigenvalue weighted by Gasteiger charge is -2.31. The average Bonchev–Trinajstić information content (AvgIpc) is 3.08. The summed E-state index contributed by atoms with van der Waals surface area (Å²) < 4.78 is 10.9. The molecule has 4 nitrogen and oxygen atoms in total. The van der Waals surface area contributed by atoms with Gasteiger partial charge >= 0.3 is 0 Å². The van der Waals surface area contributed by atoms with E-state index < -0.39 is 0 Å². The Morgan fingerprint density at radius 2 is 1.85 bits per heavy atom. The first-order valence-corrected chi connectivity index (χ1v) is 9.80. The van der Waals surface area contributed by atoms with Crippen molar-refractivity contribution in [3.63, 3.8) is 0 Å². The quantitative estimate of drug-likeness (QED) is 0.685. The van der Waals surface area contributed by atoms with Gasteiger partial charge in [0.15, 0.2) is 5.78 Å². The fourth-order valence-electron chi connectivity index (χ4n) is 3.73. The highest BCUT2D eigenvalue weighted by Gasteiger charge is 2.27. The van der Waals surface area contributed by atoms with Crippen molar-refractivity contribution in [1.29, 1.82) is 0 Å². The van der Waals surface area contributed by atoms with Gasteiger partial charge in [-0.15, -0.1) is 0 Å². The van der Waals surface area contributed by atoms with Crippen LogP contribution in [-0.2, 0) is 23.3 Å². The molecule has 1 aromatic heterocycles. The topological polar surface area (TPSA) is 42.7 Å². The van der Waals surface area contributed by atoms with Gasteiger partial charge in [0.05, 0.1) is 6.54 Å². The van der Waals surface area contributed by atoms with E-state index in [1.807, 2.05) is 24.3 Å². The Balaban J connectivity index is 1.62. The Labute approximate surface area is 162 Å². The Bertz CT molecular complexity index is 755. The largest absolute Gasteiger partial charge is 0.462 e. The second-order valence-electron chi connectivity index (χ2n) is 8.57. The van der Waals surface area contributed by atoms with Gasteiger partial charge in [-0.05, 0) is 42.5 Å². The minimum atomic E-state index is 0.0626. The summed E-state index contributed by atoms with van der Waals surface area (Å²) in [7, 11) is 1.66. The Morgan fingerprint density at radius 3 is 2.52 bits per heavy atom. The number of rotatable bonds is 6. The van der Waals surface area contributed by atoms with Crippen LogP contribution < -0.4 is 0 Å². The summed E-state index contributed by atoms with van der Waals surface area (Å²) >= 11 is 0. The highest BCUT2D eigenvalue weighted by Crippen LogP contribution is 2.26. The molecule has 1 aliphatic rings. The first-order chi connectivity index (χ1) is 12.9. The summed E-state index contributed by atoms with van der Waals surface area (Å²) in [4.78, 5) is 15.3. The number of ether oxygens (including phenoxy) is 1. The van der Waals surface area contributed by atoms with E-state index in [9.17, 15) is 4.79 Å². The average molecular weight is 370 g/mol. The van der Waals surface area contributed by atoms with E-state index in [4.69, 9.17) is 9.15 Å². The standard InChI is InChI=1S/C23H31NO3/c1-23(2,3)19-9-7-17(8-10-19)22(25)18-6-5-13-24(14-18)15-20-11-12-21(27-20)16-26-4/h7-12,18H,5-6,13-16H2,1-4H3/t18-/m0/s1. The second-order valence-corrected chi connectivity index (χ2v) is 8.57. The Morgan fingerprint density at radius 1 is 1.15 bits per heavy atom. The summed E-state index contributed by atoms with van der Waals surface area (Å²) in [6.45, 7) is 9.61. The van der Waals surface area contributed by atoms with Crippen molar-refractivity contribution in [2.24, 2.45) is 5.92 Å². The number of methoxy groups -OCH3 is 1. The van der Waals surface area contributed by atoms with Gasteiger partial charge in [0, 0.05) is 25.1 Å². The third kappa shape index (κ3) is 5.08. The van der Waals surface area contributed by atoms with Crippen molar-refractivity contribution >= 4 is 5.78 Å². The Hall–Kier alpha value is -1.91. The molecule has 0 saturated carbocycles. The maximum atomic E-state index is 13.0. The lowest BCUT2D eigenvalue weighted by atomic mass is 9.85. The van der Waals surface area contributed by atoms with E-state index in [0.717, 1.165) is 49.6 Å². The predicted octanol–water partition coefficient (Wildman–Crippen LogP) is 4.82. The minimum Gasteiger partial charge on any atom is -0.462 e. The molecule has 146 valence electrons. The van der Waals surface area contributed by atoms with E-state index in [-0.39, 0.29) is 17.1 Å². The number of likely N-dealkylation sites (tertiary alicyclic amines) is 1. The van der Waals surface area contributed by atoms with Crippen LogP contribution in [-0.4, -0.2) is 30.9 Å². The maximum absolute atomic E-state index is 13.0. The molecule has 0 amide bonds. The monoisotopic (exact) mass is 369 g/mol. The number of carbonyl (C=O) groups is 1. The number of ketones is 1. The fraction of sp³-hybridized carbons (Fsp3) is 0.522. The Kier molecular flexibility index (Phi) is 6.18. The third-order valence-electron chi connectivity index (χ3n) is 5.30. The lowest BCUT2D eigenvalue weighted by molar-refractivity contribution is 0.0800. The van der Waals surface area contributed by atoms with Crippen molar-refractivity contribution in [1.82, 2.24) is 4.90 Å². The van der Waals surface area contributed by atoms with Crippen molar-refractivity contribution in [2.75, 3.05) is 20.2 Å². The van der Waals surface area contributed by atoms with Crippen LogP contribution in [0.4, 0.5) is 0 Å². The van der Waals surface area contributed by atoms with Gasteiger partial charge in [0.25, 0.3) is 0 Å². The highest BCUT2D eigenvalue weighted by molar-refractivity contribution is 5.98. The molecule has 0 unspecified atom stereocenters. The molecule has 0 aliphatic carbocycles. The number of Topliss-reactive ketones (excluding diaryl/α,β-unsaturated/α-hetero) is 1. The van der Waals surface area contributed by atoms with Crippen LogP contribution in [0, 0.1) is 5.92 Å². The number of nitrogens with zero attached hydrogens (tertiary/aromatic N) is 1. The molecule has 1 fully saturated rings. The third-order valence-corrected chi connectivity index (χ3v) is 5.30. The zero-order valence-electron chi connectivity index (χ0n) is 17.0. The molecule has 2 aromatic rings. The number of hydrogen-bond donors (Lipinski definition) is 0. The fourth-order valence-corrected chi connectivity index (χ4v) is 3.73. The summed E-state index contributed by atoms with van der Waals surface area (Å²) in [5.74, 6) is 2.10. The zero-order valence-corrected chi connectivity index (χ0v) is 17.0. The van der Waals surface area contributed by atoms with Crippen LogP contribution in [0.15, 0.2) is 40.8 Å². The number of hydrogen-bond acceptors (Lipinski definition) is 4. The molecular formula is C23H31NO3. The first-order valence-electron chi connectivity index (χ1n) is 9.80. The van der Waals surface area contributed by atoms with Gasteiger partial charge in [-0.2, -0.15) is 0 Å². The summed E-state index contributed by atoms with van der Waals surface area (Å²) in [6, 6.07) is 12.1. The molecule has 0 spiro atoms. The molecule has 0 N–H and O–H groups in total. The molecule has 27 heavy (non-hydrogen) atoms. The van der Waals surface area contributed by atoms with Gasteiger partial charge in [-0.25, -0.2) is 0 Å². The van der Waals surface area contributed by atoms with Crippen LogP contribution in [0.5, 0.6) is 0 Å². The van der Waals surface area contributed by atoms with Crippen molar-refractivity contribution in [2.45, 2.75) is 52.2 Å². The van der Waals surface area contributed by atoms with E-state index in [1.165, 1.54) is 5.56 Å². The summed E-state index contributed by atoms with van der Waals surface area (Å²) in [5, 5.41) is 0. The maximum Gasteiger partial charge on any atom is 0.167 e. The first kappa shape index (κ1) is 19.8. The van der Waals surface area contributed by atoms with Crippen molar-refractivity contribution < 1.29 is 13.9 Å². The van der Waals surface area contributed by atoms with Crippen molar-refractivity contribution in [3.8, 4) is 0 Å². The van der Waals surface area contributed by atoms with E-state index >= 15 is 0 Å². The summed E-state index contributed by atoms with van der Waals surface area (Å²) in [5.41, 5.74) is 2.19. The van der Waals surface area contributed by atoms with Crippen molar-refractivity contribution in [3.05, 3.63) is 59.0 Å². The second kappa shape index (κ2) is 8.41. The van der Waals surface area contributed by atoms with E-state index in [0.29, 0.717) is 6.61 Å². The molecule has 3 rings (SSSR count). The number of benzene rings is 1. The molecule has 0 radical (unpaired) electrons. The van der Waals surface area contributed by atoms with Gasteiger partial charge in [-0.3, -0.25) is 9.69 Å². The lowest BCUT2D eigenvalue weighted by Crippen LogP contribution is -2.38. The van der Waals surface area contributed by atoms with Crippen LogP contribution in [0.25, 0.3) is 0 Å². The molecule has 0 bridgehead atoms. The smallest absolute Gasteiger partial charge is 0.167 e. The number of furan rings is 1. The normalized spacial score (nSPS) is 18.6. The molecule has 1 saturated heterocycles.